The zero-order chi connectivity index (χ0) is 11.4. The molecule has 0 saturated carbocycles. The lowest BCUT2D eigenvalue weighted by Gasteiger charge is -2.06. The smallest absolute Gasteiger partial charge is 0.231 e. The van der Waals surface area contributed by atoms with Crippen LogP contribution >= 0.6 is 0 Å². The van der Waals surface area contributed by atoms with Crippen LogP contribution in [0, 0.1) is 12.7 Å². The van der Waals surface area contributed by atoms with E-state index in [4.69, 9.17) is 0 Å². The zero-order valence-electron chi connectivity index (χ0n) is 8.63. The van der Waals surface area contributed by atoms with E-state index in [-0.39, 0.29) is 17.9 Å². The number of rotatable bonds is 3. The first-order valence-electron chi connectivity index (χ1n) is 4.55. The Labute approximate surface area is 87.3 Å². The number of Topliss-reactive ketones (excluding diaryl/α,β-unsaturated/α-hetero) is 1. The lowest BCUT2D eigenvalue weighted by molar-refractivity contribution is -0.124. The highest BCUT2D eigenvalue weighted by Crippen LogP contribution is 2.17. The van der Waals surface area contributed by atoms with Crippen LogP contribution in [0.5, 0.6) is 0 Å². The van der Waals surface area contributed by atoms with Crippen molar-refractivity contribution in [2.24, 2.45) is 0 Å². The van der Waals surface area contributed by atoms with Crippen molar-refractivity contribution in [2.45, 2.75) is 20.3 Å². The molecule has 0 spiro atoms. The monoisotopic (exact) mass is 209 g/mol. The molecule has 0 heterocycles. The van der Waals surface area contributed by atoms with E-state index < -0.39 is 11.7 Å². The minimum absolute atomic E-state index is 0.112. The van der Waals surface area contributed by atoms with Gasteiger partial charge in [-0.1, -0.05) is 12.1 Å². The zero-order valence-corrected chi connectivity index (χ0v) is 8.63. The minimum Gasteiger partial charge on any atom is -0.323 e. The average molecular weight is 209 g/mol. The summed E-state index contributed by atoms with van der Waals surface area (Å²) in [5, 5.41) is 2.35. The Kier molecular flexibility index (Phi) is 3.55. The van der Waals surface area contributed by atoms with Crippen LogP contribution < -0.4 is 5.32 Å². The molecule has 0 radical (unpaired) electrons. The number of amides is 1. The number of carbonyl (C=O) groups is 2. The number of carbonyl (C=O) groups excluding carboxylic acids is 2. The number of hydrogen-bond donors (Lipinski definition) is 1. The molecular formula is C11H12FNO2. The summed E-state index contributed by atoms with van der Waals surface area (Å²) in [6.07, 6.45) is -0.229. The third-order valence-corrected chi connectivity index (χ3v) is 1.88. The van der Waals surface area contributed by atoms with Crippen LogP contribution in [0.1, 0.15) is 18.9 Å². The van der Waals surface area contributed by atoms with Gasteiger partial charge in [0.25, 0.3) is 0 Å². The number of benzene rings is 1. The fraction of sp³-hybridized carbons (Fsp3) is 0.273. The Morgan fingerprint density at radius 2 is 2.07 bits per heavy atom. The summed E-state index contributed by atoms with van der Waals surface area (Å²) in [4.78, 5) is 21.8. The molecule has 0 atom stereocenters. The first-order valence-corrected chi connectivity index (χ1v) is 4.55. The molecule has 0 fully saturated rings. The van der Waals surface area contributed by atoms with Gasteiger partial charge in [0.1, 0.15) is 11.6 Å². The normalized spacial score (nSPS) is 9.80. The number of nitrogens with one attached hydrogen (secondary N) is 1. The molecule has 0 aliphatic heterocycles. The number of hydrogen-bond acceptors (Lipinski definition) is 2. The summed E-state index contributed by atoms with van der Waals surface area (Å²) in [7, 11) is 0. The van der Waals surface area contributed by atoms with Crippen molar-refractivity contribution in [3.05, 3.63) is 29.6 Å². The molecule has 3 nitrogen and oxygen atoms in total. The van der Waals surface area contributed by atoms with E-state index in [9.17, 15) is 14.0 Å². The quantitative estimate of drug-likeness (QED) is 0.774. The molecule has 1 N–H and O–H groups in total. The minimum atomic E-state index is -0.494. The number of anilines is 1. The van der Waals surface area contributed by atoms with Crippen molar-refractivity contribution in [3.8, 4) is 0 Å². The molecule has 1 aromatic carbocycles. The number of ketones is 1. The maximum Gasteiger partial charge on any atom is 0.231 e. The number of aryl methyl sites for hydroxylation is 1. The van der Waals surface area contributed by atoms with Gasteiger partial charge >= 0.3 is 0 Å². The average Bonchev–Trinajstić information content (AvgIpc) is 2.11. The summed E-state index contributed by atoms with van der Waals surface area (Å²) in [6.45, 7) is 2.92. The van der Waals surface area contributed by atoms with Crippen LogP contribution in [0.15, 0.2) is 18.2 Å². The molecule has 1 rings (SSSR count). The lowest BCUT2D eigenvalue weighted by atomic mass is 10.2. The van der Waals surface area contributed by atoms with Crippen molar-refractivity contribution >= 4 is 17.4 Å². The van der Waals surface area contributed by atoms with Crippen molar-refractivity contribution in [1.82, 2.24) is 0 Å². The van der Waals surface area contributed by atoms with E-state index in [1.54, 1.807) is 19.1 Å². The molecule has 80 valence electrons. The van der Waals surface area contributed by atoms with Gasteiger partial charge in [0.15, 0.2) is 0 Å². The van der Waals surface area contributed by atoms with Gasteiger partial charge in [-0.05, 0) is 25.5 Å². The fourth-order valence-electron chi connectivity index (χ4n) is 1.16. The standard InChI is InChI=1S/C11H12FNO2/c1-7-4-3-5-9(11(7)12)13-10(15)6-8(2)14/h3-5H,6H2,1-2H3,(H,13,15). The molecule has 0 aromatic heterocycles. The Bertz CT molecular complexity index is 402. The van der Waals surface area contributed by atoms with E-state index in [1.165, 1.54) is 13.0 Å². The van der Waals surface area contributed by atoms with Gasteiger partial charge in [0.2, 0.25) is 5.91 Å². The summed E-state index contributed by atoms with van der Waals surface area (Å²) in [5.41, 5.74) is 0.567. The van der Waals surface area contributed by atoms with Crippen molar-refractivity contribution in [2.75, 3.05) is 5.32 Å². The third-order valence-electron chi connectivity index (χ3n) is 1.88. The predicted octanol–water partition coefficient (Wildman–Crippen LogP) is 2.05. The molecule has 0 aliphatic rings. The van der Waals surface area contributed by atoms with Gasteiger partial charge < -0.3 is 5.32 Å². The Morgan fingerprint density at radius 3 is 2.67 bits per heavy atom. The topological polar surface area (TPSA) is 46.2 Å². The van der Waals surface area contributed by atoms with Crippen molar-refractivity contribution < 1.29 is 14.0 Å². The SMILES string of the molecule is CC(=O)CC(=O)Nc1cccc(C)c1F. The molecule has 15 heavy (non-hydrogen) atoms. The van der Waals surface area contributed by atoms with Crippen LogP contribution in [-0.2, 0) is 9.59 Å². The van der Waals surface area contributed by atoms with E-state index in [0.717, 1.165) is 0 Å². The largest absolute Gasteiger partial charge is 0.323 e. The van der Waals surface area contributed by atoms with Crippen LogP contribution in [0.25, 0.3) is 0 Å². The summed E-state index contributed by atoms with van der Waals surface area (Å²) in [6, 6.07) is 4.71. The molecule has 0 bridgehead atoms. The molecule has 0 saturated heterocycles. The fourth-order valence-corrected chi connectivity index (χ4v) is 1.16. The second-order valence-corrected chi connectivity index (χ2v) is 3.36. The van der Waals surface area contributed by atoms with E-state index in [1.807, 2.05) is 0 Å². The molecule has 1 aromatic rings. The van der Waals surface area contributed by atoms with Gasteiger partial charge in [0, 0.05) is 0 Å². The Morgan fingerprint density at radius 1 is 1.40 bits per heavy atom. The van der Waals surface area contributed by atoms with Gasteiger partial charge in [-0.3, -0.25) is 9.59 Å². The third kappa shape index (κ3) is 3.16. The van der Waals surface area contributed by atoms with Gasteiger partial charge in [-0.2, -0.15) is 0 Å². The highest BCUT2D eigenvalue weighted by molar-refractivity contribution is 6.03. The summed E-state index contributed by atoms with van der Waals surface area (Å²) in [5.74, 6) is -1.21. The van der Waals surface area contributed by atoms with Crippen LogP contribution in [0.3, 0.4) is 0 Å². The lowest BCUT2D eigenvalue weighted by Crippen LogP contribution is -2.15. The van der Waals surface area contributed by atoms with Gasteiger partial charge in [0.05, 0.1) is 12.1 Å². The highest BCUT2D eigenvalue weighted by Gasteiger charge is 2.09. The van der Waals surface area contributed by atoms with E-state index >= 15 is 0 Å². The second kappa shape index (κ2) is 4.68. The van der Waals surface area contributed by atoms with Crippen molar-refractivity contribution in [3.63, 3.8) is 0 Å². The number of halogens is 1. The van der Waals surface area contributed by atoms with E-state index in [0.29, 0.717) is 5.56 Å². The highest BCUT2D eigenvalue weighted by atomic mass is 19.1. The van der Waals surface area contributed by atoms with Gasteiger partial charge in [-0.25, -0.2) is 4.39 Å². The Hall–Kier alpha value is -1.71. The van der Waals surface area contributed by atoms with Gasteiger partial charge in [-0.15, -0.1) is 0 Å². The Balaban J connectivity index is 2.77. The summed E-state index contributed by atoms with van der Waals surface area (Å²) >= 11 is 0. The molecule has 0 aliphatic carbocycles. The first kappa shape index (κ1) is 11.4. The second-order valence-electron chi connectivity index (χ2n) is 3.36. The van der Waals surface area contributed by atoms with Crippen LogP contribution in [-0.4, -0.2) is 11.7 Å². The van der Waals surface area contributed by atoms with Crippen LogP contribution in [0.2, 0.25) is 0 Å². The maximum atomic E-state index is 13.4. The maximum absolute atomic E-state index is 13.4. The van der Waals surface area contributed by atoms with E-state index in [2.05, 4.69) is 5.32 Å². The molecule has 0 unspecified atom stereocenters. The first-order chi connectivity index (χ1) is 7.00. The predicted molar refractivity (Wildman–Crippen MR) is 55.1 cm³/mol. The molecule has 4 heteroatoms. The summed E-state index contributed by atoms with van der Waals surface area (Å²) < 4.78 is 13.4. The van der Waals surface area contributed by atoms with Crippen LogP contribution in [0.4, 0.5) is 10.1 Å². The molecule has 1 amide bonds. The molecular weight excluding hydrogens is 197 g/mol. The van der Waals surface area contributed by atoms with Crippen molar-refractivity contribution in [1.29, 1.82) is 0 Å².